The lowest BCUT2D eigenvalue weighted by molar-refractivity contribution is -0.116. The molecule has 1 N–H and O–H groups in total. The number of rotatable bonds is 4. The Kier molecular flexibility index (Phi) is 3.69. The highest BCUT2D eigenvalue weighted by Crippen LogP contribution is 2.08. The van der Waals surface area contributed by atoms with Crippen LogP contribution in [0.4, 0.5) is 5.82 Å². The van der Waals surface area contributed by atoms with Crippen LogP contribution in [0.3, 0.4) is 0 Å². The number of nitrogens with one attached hydrogen (secondary N) is 1. The van der Waals surface area contributed by atoms with Gasteiger partial charge < -0.3 is 9.84 Å². The number of aromatic nitrogens is 3. The Labute approximate surface area is 125 Å². The first-order valence-electron chi connectivity index (χ1n) is 6.81. The minimum absolute atomic E-state index is 0.122. The van der Waals surface area contributed by atoms with Crippen LogP contribution in [0.15, 0.2) is 45.8 Å². The molecular formula is C15H14N4O3. The van der Waals surface area contributed by atoms with Gasteiger partial charge in [0.25, 0.3) is 5.56 Å². The molecule has 2 aromatic heterocycles. The van der Waals surface area contributed by atoms with Gasteiger partial charge in [-0.05, 0) is 13.0 Å². The van der Waals surface area contributed by atoms with Crippen molar-refractivity contribution in [1.82, 2.24) is 14.9 Å². The van der Waals surface area contributed by atoms with Gasteiger partial charge >= 0.3 is 0 Å². The molecule has 2 heterocycles. The van der Waals surface area contributed by atoms with Crippen molar-refractivity contribution in [3.05, 3.63) is 52.6 Å². The average Bonchev–Trinajstić information content (AvgIpc) is 2.92. The molecule has 112 valence electrons. The molecule has 0 bridgehead atoms. The molecule has 7 nitrogen and oxygen atoms in total. The van der Waals surface area contributed by atoms with E-state index in [2.05, 4.69) is 15.6 Å². The molecule has 1 amide bonds. The van der Waals surface area contributed by atoms with Crippen molar-refractivity contribution in [1.29, 1.82) is 0 Å². The van der Waals surface area contributed by atoms with Crippen LogP contribution in [0.1, 0.15) is 12.2 Å². The Hall–Kier alpha value is -2.96. The average molecular weight is 298 g/mol. The number of fused-ring (bicyclic) bond motifs is 1. The lowest BCUT2D eigenvalue weighted by atomic mass is 10.2. The molecule has 22 heavy (non-hydrogen) atoms. The SMILES string of the molecule is Cc1cc(NC(=O)CCn2ncc3ccccc3c2=O)no1. The van der Waals surface area contributed by atoms with Crippen molar-refractivity contribution in [2.24, 2.45) is 0 Å². The van der Waals surface area contributed by atoms with Crippen molar-refractivity contribution >= 4 is 22.5 Å². The van der Waals surface area contributed by atoms with E-state index < -0.39 is 0 Å². The summed E-state index contributed by atoms with van der Waals surface area (Å²) in [5.41, 5.74) is -0.205. The molecular weight excluding hydrogens is 284 g/mol. The fourth-order valence-corrected chi connectivity index (χ4v) is 2.13. The van der Waals surface area contributed by atoms with Gasteiger partial charge in [0.15, 0.2) is 5.82 Å². The first kappa shape index (κ1) is 14.0. The van der Waals surface area contributed by atoms with Gasteiger partial charge in [0.05, 0.1) is 18.1 Å². The Balaban J connectivity index is 1.70. The summed E-state index contributed by atoms with van der Waals surface area (Å²) in [5, 5.41) is 11.7. The minimum Gasteiger partial charge on any atom is -0.360 e. The van der Waals surface area contributed by atoms with Crippen LogP contribution >= 0.6 is 0 Å². The summed E-state index contributed by atoms with van der Waals surface area (Å²) in [7, 11) is 0. The summed E-state index contributed by atoms with van der Waals surface area (Å²) in [4.78, 5) is 24.1. The molecule has 0 radical (unpaired) electrons. The largest absolute Gasteiger partial charge is 0.360 e. The Morgan fingerprint density at radius 2 is 2.18 bits per heavy atom. The number of nitrogens with zero attached hydrogens (tertiary/aromatic N) is 3. The van der Waals surface area contributed by atoms with Crippen molar-refractivity contribution in [3.63, 3.8) is 0 Å². The number of benzene rings is 1. The maximum Gasteiger partial charge on any atom is 0.274 e. The van der Waals surface area contributed by atoms with Gasteiger partial charge in [0.2, 0.25) is 5.91 Å². The molecule has 0 aliphatic heterocycles. The lowest BCUT2D eigenvalue weighted by Gasteiger charge is -2.05. The topological polar surface area (TPSA) is 90.0 Å². The van der Waals surface area contributed by atoms with E-state index in [0.29, 0.717) is 17.0 Å². The normalized spacial score (nSPS) is 10.8. The number of aryl methyl sites for hydroxylation is 2. The predicted molar refractivity (Wildman–Crippen MR) is 80.5 cm³/mol. The predicted octanol–water partition coefficient (Wildman–Crippen LogP) is 1.72. The fraction of sp³-hybridized carbons (Fsp3) is 0.200. The highest BCUT2D eigenvalue weighted by Gasteiger charge is 2.08. The van der Waals surface area contributed by atoms with Crippen molar-refractivity contribution in [2.45, 2.75) is 19.9 Å². The molecule has 0 saturated carbocycles. The van der Waals surface area contributed by atoms with Gasteiger partial charge in [0, 0.05) is 17.9 Å². The second-order valence-corrected chi connectivity index (χ2v) is 4.88. The highest BCUT2D eigenvalue weighted by atomic mass is 16.5. The van der Waals surface area contributed by atoms with Gasteiger partial charge in [-0.2, -0.15) is 5.10 Å². The van der Waals surface area contributed by atoms with Gasteiger partial charge in [-0.25, -0.2) is 4.68 Å². The first-order chi connectivity index (χ1) is 10.6. The highest BCUT2D eigenvalue weighted by molar-refractivity contribution is 5.89. The molecule has 7 heteroatoms. The lowest BCUT2D eigenvalue weighted by Crippen LogP contribution is -2.25. The summed E-state index contributed by atoms with van der Waals surface area (Å²) in [6.07, 6.45) is 1.74. The van der Waals surface area contributed by atoms with Gasteiger partial charge in [-0.3, -0.25) is 9.59 Å². The van der Waals surface area contributed by atoms with Gasteiger partial charge in [0.1, 0.15) is 5.76 Å². The van der Waals surface area contributed by atoms with Crippen LogP contribution in [-0.2, 0) is 11.3 Å². The van der Waals surface area contributed by atoms with Crippen molar-refractivity contribution < 1.29 is 9.32 Å². The third kappa shape index (κ3) is 2.88. The fourth-order valence-electron chi connectivity index (χ4n) is 2.13. The number of amides is 1. The molecule has 3 rings (SSSR count). The second kappa shape index (κ2) is 5.80. The van der Waals surface area contributed by atoms with Crippen molar-refractivity contribution in [3.8, 4) is 0 Å². The maximum atomic E-state index is 12.2. The molecule has 0 atom stereocenters. The zero-order valence-corrected chi connectivity index (χ0v) is 11.9. The van der Waals surface area contributed by atoms with Crippen LogP contribution < -0.4 is 10.9 Å². The summed E-state index contributed by atoms with van der Waals surface area (Å²) >= 11 is 0. The number of anilines is 1. The molecule has 0 aliphatic carbocycles. The molecule has 3 aromatic rings. The van der Waals surface area contributed by atoms with E-state index in [-0.39, 0.29) is 24.4 Å². The van der Waals surface area contributed by atoms with E-state index in [1.54, 1.807) is 31.3 Å². The summed E-state index contributed by atoms with van der Waals surface area (Å²) in [5.74, 6) is 0.721. The molecule has 0 saturated heterocycles. The smallest absolute Gasteiger partial charge is 0.274 e. The Morgan fingerprint density at radius 3 is 2.95 bits per heavy atom. The van der Waals surface area contributed by atoms with E-state index in [4.69, 9.17) is 4.52 Å². The molecule has 0 unspecified atom stereocenters. The van der Waals surface area contributed by atoms with Gasteiger partial charge in [-0.1, -0.05) is 23.4 Å². The van der Waals surface area contributed by atoms with Crippen molar-refractivity contribution in [2.75, 3.05) is 5.32 Å². The third-order valence-electron chi connectivity index (χ3n) is 3.21. The number of carbonyl (C=O) groups is 1. The molecule has 1 aromatic carbocycles. The molecule has 0 spiro atoms. The summed E-state index contributed by atoms with van der Waals surface area (Å²) < 4.78 is 6.15. The van der Waals surface area contributed by atoms with E-state index in [0.717, 1.165) is 5.39 Å². The third-order valence-corrected chi connectivity index (χ3v) is 3.21. The first-order valence-corrected chi connectivity index (χ1v) is 6.81. The van der Waals surface area contributed by atoms with Crippen LogP contribution in [0.25, 0.3) is 10.8 Å². The second-order valence-electron chi connectivity index (χ2n) is 4.88. The van der Waals surface area contributed by atoms with Gasteiger partial charge in [-0.15, -0.1) is 0 Å². The van der Waals surface area contributed by atoms with E-state index in [1.807, 2.05) is 12.1 Å². The molecule has 0 fully saturated rings. The number of carbonyl (C=O) groups excluding carboxylic acids is 1. The monoisotopic (exact) mass is 298 g/mol. The standard InChI is InChI=1S/C15H14N4O3/c1-10-8-13(18-22-10)17-14(20)6-7-19-15(21)12-5-3-2-4-11(12)9-16-19/h2-5,8-9H,6-7H2,1H3,(H,17,18,20). The van der Waals surface area contributed by atoms with Crippen LogP contribution in [-0.4, -0.2) is 20.8 Å². The Morgan fingerprint density at radius 1 is 1.36 bits per heavy atom. The Bertz CT molecular complexity index is 882. The quantitative estimate of drug-likeness (QED) is 0.792. The zero-order valence-electron chi connectivity index (χ0n) is 11.9. The van der Waals surface area contributed by atoms with Crippen LogP contribution in [0.5, 0.6) is 0 Å². The van der Waals surface area contributed by atoms with E-state index in [1.165, 1.54) is 4.68 Å². The summed E-state index contributed by atoms with van der Waals surface area (Å²) in [6, 6.07) is 8.84. The van der Waals surface area contributed by atoms with Crippen LogP contribution in [0.2, 0.25) is 0 Å². The molecule has 0 aliphatic rings. The summed E-state index contributed by atoms with van der Waals surface area (Å²) in [6.45, 7) is 1.94. The minimum atomic E-state index is -0.254. The van der Waals surface area contributed by atoms with E-state index >= 15 is 0 Å². The number of hydrogen-bond donors (Lipinski definition) is 1. The van der Waals surface area contributed by atoms with Crippen LogP contribution in [0, 0.1) is 6.92 Å². The maximum absolute atomic E-state index is 12.2. The van der Waals surface area contributed by atoms with E-state index in [9.17, 15) is 9.59 Å². The number of hydrogen-bond acceptors (Lipinski definition) is 5. The zero-order chi connectivity index (χ0) is 15.5.